The minimum atomic E-state index is -0.842. The number of rotatable bonds is 3. The van der Waals surface area contributed by atoms with Crippen LogP contribution < -0.4 is 0 Å². The van der Waals surface area contributed by atoms with Gasteiger partial charge in [0.1, 0.15) is 5.41 Å². The maximum atomic E-state index is 13.1. The van der Waals surface area contributed by atoms with Crippen LogP contribution in [0.3, 0.4) is 0 Å². The lowest BCUT2D eigenvalue weighted by molar-refractivity contribution is -0.148. The van der Waals surface area contributed by atoms with Gasteiger partial charge in [0.25, 0.3) is 5.91 Å². The van der Waals surface area contributed by atoms with Gasteiger partial charge in [0.15, 0.2) is 0 Å². The summed E-state index contributed by atoms with van der Waals surface area (Å²) in [4.78, 5) is 29.5. The van der Waals surface area contributed by atoms with Gasteiger partial charge in [0.2, 0.25) is 0 Å². The summed E-state index contributed by atoms with van der Waals surface area (Å²) >= 11 is 0. The number of carboxylic acids is 1. The molecule has 1 amide bonds. The van der Waals surface area contributed by atoms with E-state index >= 15 is 0 Å². The van der Waals surface area contributed by atoms with E-state index in [1.807, 2.05) is 32.0 Å². The maximum absolute atomic E-state index is 13.1. The predicted octanol–water partition coefficient (Wildman–Crippen LogP) is 1.94. The molecule has 1 N–H and O–H groups in total. The number of ether oxygens (including phenoxy) is 1. The zero-order valence-corrected chi connectivity index (χ0v) is 16.1. The van der Waals surface area contributed by atoms with Crippen LogP contribution in [-0.4, -0.2) is 72.2 Å². The molecule has 3 saturated heterocycles. The number of fused-ring (bicyclic) bond motifs is 1. The quantitative estimate of drug-likeness (QED) is 0.878. The molecule has 1 aromatic carbocycles. The van der Waals surface area contributed by atoms with Crippen LogP contribution in [0.2, 0.25) is 0 Å². The Hall–Kier alpha value is -1.92. The van der Waals surface area contributed by atoms with Crippen molar-refractivity contribution >= 4 is 11.9 Å². The number of carboxylic acid groups (broad SMARTS) is 1. The lowest BCUT2D eigenvalue weighted by atomic mass is 9.81. The van der Waals surface area contributed by atoms with E-state index in [1.54, 1.807) is 4.90 Å². The molecule has 4 rings (SSSR count). The molecular weight excluding hydrogens is 344 g/mol. The molecule has 0 saturated carbocycles. The molecule has 6 nitrogen and oxygen atoms in total. The Balaban J connectivity index is 1.54. The molecule has 0 unspecified atom stereocenters. The van der Waals surface area contributed by atoms with Crippen LogP contribution in [0.1, 0.15) is 34.3 Å². The van der Waals surface area contributed by atoms with Crippen LogP contribution in [0.25, 0.3) is 0 Å². The van der Waals surface area contributed by atoms with Gasteiger partial charge in [0, 0.05) is 56.9 Å². The maximum Gasteiger partial charge on any atom is 0.313 e. The molecule has 3 aliphatic rings. The normalized spacial score (nSPS) is 29.1. The molecule has 146 valence electrons. The number of likely N-dealkylation sites (tertiary alicyclic amines) is 2. The number of hydrogen-bond donors (Lipinski definition) is 1. The molecule has 3 fully saturated rings. The van der Waals surface area contributed by atoms with Crippen molar-refractivity contribution in [2.75, 3.05) is 39.4 Å². The van der Waals surface area contributed by atoms with Crippen LogP contribution in [0, 0.1) is 25.2 Å². The summed E-state index contributed by atoms with van der Waals surface area (Å²) in [7, 11) is 0. The van der Waals surface area contributed by atoms with Gasteiger partial charge in [-0.05, 0) is 38.3 Å². The standard InChI is InChI=1S/C21H28N2O4/c1-14-3-4-15(2)18(9-14)19(24)23-11-16-10-22(17-5-7-27-8-6-17)12-21(16,13-23)20(25)26/h3-4,9,16-17H,5-8,10-13H2,1-2H3,(H,25,26)/t16-,21-/m0/s1. The topological polar surface area (TPSA) is 70.1 Å². The fourth-order valence-electron chi connectivity index (χ4n) is 5.03. The fourth-order valence-corrected chi connectivity index (χ4v) is 5.03. The van der Waals surface area contributed by atoms with E-state index in [1.165, 1.54) is 0 Å². The Kier molecular flexibility index (Phi) is 4.72. The SMILES string of the molecule is Cc1ccc(C)c(C(=O)N2C[C@@H]3CN(C4CCOCC4)C[C@]3(C(=O)O)C2)c1. The van der Waals surface area contributed by atoms with Crippen molar-refractivity contribution in [2.45, 2.75) is 32.7 Å². The summed E-state index contributed by atoms with van der Waals surface area (Å²) in [5, 5.41) is 10.1. The lowest BCUT2D eigenvalue weighted by Gasteiger charge is -2.33. The Bertz CT molecular complexity index is 759. The molecule has 0 aliphatic carbocycles. The number of aliphatic carboxylic acids is 1. The van der Waals surface area contributed by atoms with Gasteiger partial charge in [-0.15, -0.1) is 0 Å². The van der Waals surface area contributed by atoms with E-state index in [0.717, 1.165) is 43.7 Å². The number of nitrogens with zero attached hydrogens (tertiary/aromatic N) is 2. The second-order valence-corrected chi connectivity index (χ2v) is 8.44. The van der Waals surface area contributed by atoms with Crippen LogP contribution in [0.5, 0.6) is 0 Å². The Morgan fingerprint density at radius 3 is 2.56 bits per heavy atom. The Labute approximate surface area is 160 Å². The second kappa shape index (κ2) is 6.91. The Morgan fingerprint density at radius 1 is 1.15 bits per heavy atom. The number of amides is 1. The van der Waals surface area contributed by atoms with Crippen molar-refractivity contribution in [1.82, 2.24) is 9.80 Å². The number of aryl methyl sites for hydroxylation is 2. The van der Waals surface area contributed by atoms with Gasteiger partial charge in [0.05, 0.1) is 0 Å². The summed E-state index contributed by atoms with van der Waals surface area (Å²) < 4.78 is 5.45. The van der Waals surface area contributed by atoms with Gasteiger partial charge in [-0.3, -0.25) is 14.5 Å². The first-order valence-corrected chi connectivity index (χ1v) is 9.82. The zero-order valence-electron chi connectivity index (χ0n) is 16.1. The van der Waals surface area contributed by atoms with E-state index < -0.39 is 11.4 Å². The predicted molar refractivity (Wildman–Crippen MR) is 101 cm³/mol. The number of carbonyl (C=O) groups excluding carboxylic acids is 1. The fraction of sp³-hybridized carbons (Fsp3) is 0.619. The van der Waals surface area contributed by atoms with Crippen LogP contribution in [-0.2, 0) is 9.53 Å². The van der Waals surface area contributed by atoms with Gasteiger partial charge in [-0.25, -0.2) is 0 Å². The number of carbonyl (C=O) groups is 2. The molecule has 0 radical (unpaired) electrons. The molecule has 2 atom stereocenters. The summed E-state index contributed by atoms with van der Waals surface area (Å²) in [5.41, 5.74) is 1.83. The largest absolute Gasteiger partial charge is 0.481 e. The molecule has 0 spiro atoms. The van der Waals surface area contributed by atoms with E-state index in [0.29, 0.717) is 31.2 Å². The first kappa shape index (κ1) is 18.4. The van der Waals surface area contributed by atoms with Crippen LogP contribution in [0.4, 0.5) is 0 Å². The highest BCUT2D eigenvalue weighted by Gasteiger charge is 2.59. The molecular formula is C21H28N2O4. The van der Waals surface area contributed by atoms with Crippen molar-refractivity contribution in [3.63, 3.8) is 0 Å². The number of hydrogen-bond acceptors (Lipinski definition) is 4. The molecule has 0 bridgehead atoms. The average molecular weight is 372 g/mol. The van der Waals surface area contributed by atoms with Gasteiger partial charge in [-0.1, -0.05) is 17.7 Å². The van der Waals surface area contributed by atoms with Crippen molar-refractivity contribution in [3.8, 4) is 0 Å². The smallest absolute Gasteiger partial charge is 0.313 e. The number of benzene rings is 1. The summed E-state index contributed by atoms with van der Waals surface area (Å²) in [5.74, 6) is -0.811. The zero-order chi connectivity index (χ0) is 19.2. The van der Waals surface area contributed by atoms with Crippen LogP contribution >= 0.6 is 0 Å². The Morgan fingerprint density at radius 2 is 1.89 bits per heavy atom. The molecule has 0 aromatic heterocycles. The first-order valence-electron chi connectivity index (χ1n) is 9.82. The lowest BCUT2D eigenvalue weighted by Crippen LogP contribution is -2.45. The molecule has 27 heavy (non-hydrogen) atoms. The van der Waals surface area contributed by atoms with Gasteiger partial charge >= 0.3 is 5.97 Å². The minimum absolute atomic E-state index is 0.00749. The average Bonchev–Trinajstić information content (AvgIpc) is 3.19. The van der Waals surface area contributed by atoms with E-state index in [4.69, 9.17) is 4.74 Å². The third-order valence-corrected chi connectivity index (χ3v) is 6.68. The van der Waals surface area contributed by atoms with Crippen molar-refractivity contribution in [2.24, 2.45) is 11.3 Å². The molecule has 6 heteroatoms. The molecule has 3 heterocycles. The third-order valence-electron chi connectivity index (χ3n) is 6.68. The van der Waals surface area contributed by atoms with Crippen molar-refractivity contribution in [1.29, 1.82) is 0 Å². The second-order valence-electron chi connectivity index (χ2n) is 8.44. The summed E-state index contributed by atoms with van der Waals surface area (Å²) in [6.07, 6.45) is 1.93. The van der Waals surface area contributed by atoms with E-state index in [9.17, 15) is 14.7 Å². The first-order chi connectivity index (χ1) is 12.9. The molecule has 1 aromatic rings. The van der Waals surface area contributed by atoms with Crippen LogP contribution in [0.15, 0.2) is 18.2 Å². The monoisotopic (exact) mass is 372 g/mol. The minimum Gasteiger partial charge on any atom is -0.481 e. The summed E-state index contributed by atoms with van der Waals surface area (Å²) in [6, 6.07) is 6.27. The van der Waals surface area contributed by atoms with Gasteiger partial charge < -0.3 is 14.7 Å². The molecule has 3 aliphatic heterocycles. The van der Waals surface area contributed by atoms with Crippen molar-refractivity contribution in [3.05, 3.63) is 34.9 Å². The van der Waals surface area contributed by atoms with Crippen molar-refractivity contribution < 1.29 is 19.4 Å². The van der Waals surface area contributed by atoms with E-state index in [-0.39, 0.29) is 11.8 Å². The van der Waals surface area contributed by atoms with E-state index in [2.05, 4.69) is 4.90 Å². The highest BCUT2D eigenvalue weighted by molar-refractivity contribution is 5.96. The summed E-state index contributed by atoms with van der Waals surface area (Å²) in [6.45, 7) is 7.54. The highest BCUT2D eigenvalue weighted by atomic mass is 16.5. The highest BCUT2D eigenvalue weighted by Crippen LogP contribution is 2.44. The third kappa shape index (κ3) is 3.15. The van der Waals surface area contributed by atoms with Gasteiger partial charge in [-0.2, -0.15) is 0 Å².